The summed E-state index contributed by atoms with van der Waals surface area (Å²) in [7, 11) is 0. The van der Waals surface area contributed by atoms with Crippen molar-refractivity contribution in [3.8, 4) is 0 Å². The standard InChI is InChI=1S/C11H16O/c1-3-9-7-5-6-8-10(9)11(12)4-2/h5-8,11-12H,3-4H2,1-2H3/t11-/m0/s1. The van der Waals surface area contributed by atoms with Crippen LogP contribution in [0.25, 0.3) is 0 Å². The molecule has 0 aliphatic rings. The van der Waals surface area contributed by atoms with Crippen LogP contribution in [0.15, 0.2) is 24.3 Å². The lowest BCUT2D eigenvalue weighted by Gasteiger charge is -2.12. The van der Waals surface area contributed by atoms with E-state index >= 15 is 0 Å². The number of rotatable bonds is 3. The van der Waals surface area contributed by atoms with Crippen LogP contribution in [-0.4, -0.2) is 5.11 Å². The number of hydrogen-bond acceptors (Lipinski definition) is 1. The number of aliphatic hydroxyl groups excluding tert-OH is 1. The minimum absolute atomic E-state index is 0.291. The van der Waals surface area contributed by atoms with Crippen molar-refractivity contribution in [2.24, 2.45) is 0 Å². The Kier molecular flexibility index (Phi) is 3.30. The average Bonchev–Trinajstić information content (AvgIpc) is 2.16. The lowest BCUT2D eigenvalue weighted by atomic mass is 9.99. The van der Waals surface area contributed by atoms with Gasteiger partial charge in [0.1, 0.15) is 0 Å². The summed E-state index contributed by atoms with van der Waals surface area (Å²) in [4.78, 5) is 0. The average molecular weight is 164 g/mol. The Morgan fingerprint density at radius 3 is 2.50 bits per heavy atom. The molecule has 1 nitrogen and oxygen atoms in total. The van der Waals surface area contributed by atoms with E-state index in [0.717, 1.165) is 18.4 Å². The van der Waals surface area contributed by atoms with Gasteiger partial charge in [0, 0.05) is 0 Å². The molecule has 0 aliphatic carbocycles. The molecule has 1 heteroatoms. The van der Waals surface area contributed by atoms with Gasteiger partial charge < -0.3 is 5.11 Å². The molecule has 0 aliphatic heterocycles. The maximum absolute atomic E-state index is 9.64. The van der Waals surface area contributed by atoms with Crippen molar-refractivity contribution in [1.82, 2.24) is 0 Å². The Morgan fingerprint density at radius 2 is 1.92 bits per heavy atom. The van der Waals surface area contributed by atoms with E-state index in [9.17, 15) is 5.11 Å². The predicted octanol–water partition coefficient (Wildman–Crippen LogP) is 2.69. The molecule has 0 aromatic heterocycles. The predicted molar refractivity (Wildman–Crippen MR) is 51.1 cm³/mol. The Bertz CT molecular complexity index is 243. The first kappa shape index (κ1) is 9.27. The van der Waals surface area contributed by atoms with Crippen LogP contribution in [0.5, 0.6) is 0 Å². The van der Waals surface area contributed by atoms with Crippen LogP contribution in [0.3, 0.4) is 0 Å². The van der Waals surface area contributed by atoms with Crippen molar-refractivity contribution in [3.63, 3.8) is 0 Å². The van der Waals surface area contributed by atoms with E-state index in [0.29, 0.717) is 0 Å². The van der Waals surface area contributed by atoms with Crippen molar-refractivity contribution in [2.75, 3.05) is 0 Å². The third-order valence-corrected chi connectivity index (χ3v) is 2.18. The number of aryl methyl sites for hydroxylation is 1. The molecule has 1 aromatic rings. The molecule has 0 bridgehead atoms. The monoisotopic (exact) mass is 164 g/mol. The van der Waals surface area contributed by atoms with Gasteiger partial charge in [-0.3, -0.25) is 0 Å². The van der Waals surface area contributed by atoms with Gasteiger partial charge in [0.25, 0.3) is 0 Å². The Hall–Kier alpha value is -0.820. The summed E-state index contributed by atoms with van der Waals surface area (Å²) >= 11 is 0. The Labute approximate surface area is 74.1 Å². The second-order valence-corrected chi connectivity index (χ2v) is 2.98. The third-order valence-electron chi connectivity index (χ3n) is 2.18. The van der Waals surface area contributed by atoms with Crippen LogP contribution in [0.1, 0.15) is 37.5 Å². The summed E-state index contributed by atoms with van der Waals surface area (Å²) in [6, 6.07) is 8.08. The van der Waals surface area contributed by atoms with Crippen molar-refractivity contribution < 1.29 is 5.11 Å². The molecule has 0 saturated carbocycles. The molecule has 0 heterocycles. The number of aliphatic hydroxyl groups is 1. The van der Waals surface area contributed by atoms with Gasteiger partial charge in [0.2, 0.25) is 0 Å². The van der Waals surface area contributed by atoms with Crippen molar-refractivity contribution >= 4 is 0 Å². The summed E-state index contributed by atoms with van der Waals surface area (Å²) < 4.78 is 0. The molecular formula is C11H16O. The van der Waals surface area contributed by atoms with E-state index in [1.165, 1.54) is 5.56 Å². The smallest absolute Gasteiger partial charge is 0.0790 e. The van der Waals surface area contributed by atoms with Gasteiger partial charge in [-0.1, -0.05) is 38.1 Å². The fourth-order valence-electron chi connectivity index (χ4n) is 1.40. The van der Waals surface area contributed by atoms with E-state index in [-0.39, 0.29) is 6.10 Å². The van der Waals surface area contributed by atoms with E-state index in [2.05, 4.69) is 13.0 Å². The Balaban J connectivity index is 2.96. The maximum atomic E-state index is 9.64. The van der Waals surface area contributed by atoms with E-state index in [4.69, 9.17) is 0 Å². The lowest BCUT2D eigenvalue weighted by Crippen LogP contribution is -1.99. The maximum Gasteiger partial charge on any atom is 0.0790 e. The highest BCUT2D eigenvalue weighted by atomic mass is 16.3. The molecule has 0 spiro atoms. The third kappa shape index (κ3) is 1.86. The van der Waals surface area contributed by atoms with Crippen LogP contribution >= 0.6 is 0 Å². The first-order valence-corrected chi connectivity index (χ1v) is 4.55. The van der Waals surface area contributed by atoms with E-state index in [1.54, 1.807) is 0 Å². The minimum Gasteiger partial charge on any atom is -0.388 e. The van der Waals surface area contributed by atoms with Crippen LogP contribution in [0, 0.1) is 0 Å². The fourth-order valence-corrected chi connectivity index (χ4v) is 1.40. The Morgan fingerprint density at radius 1 is 1.25 bits per heavy atom. The van der Waals surface area contributed by atoms with Crippen LogP contribution in [-0.2, 0) is 6.42 Å². The van der Waals surface area contributed by atoms with Gasteiger partial charge in [-0.15, -0.1) is 0 Å². The topological polar surface area (TPSA) is 20.2 Å². The van der Waals surface area contributed by atoms with Crippen LogP contribution < -0.4 is 0 Å². The number of benzene rings is 1. The van der Waals surface area contributed by atoms with Crippen molar-refractivity contribution in [2.45, 2.75) is 32.8 Å². The quantitative estimate of drug-likeness (QED) is 0.728. The minimum atomic E-state index is -0.291. The molecule has 0 amide bonds. The molecular weight excluding hydrogens is 148 g/mol. The largest absolute Gasteiger partial charge is 0.388 e. The summed E-state index contributed by atoms with van der Waals surface area (Å²) in [5.41, 5.74) is 2.34. The molecule has 0 unspecified atom stereocenters. The SMILES string of the molecule is CCc1ccccc1[C@@H](O)CC. The number of hydrogen-bond donors (Lipinski definition) is 1. The molecule has 12 heavy (non-hydrogen) atoms. The second-order valence-electron chi connectivity index (χ2n) is 2.98. The highest BCUT2D eigenvalue weighted by Gasteiger charge is 2.07. The zero-order chi connectivity index (χ0) is 8.97. The molecule has 1 N–H and O–H groups in total. The molecule has 0 fully saturated rings. The zero-order valence-corrected chi connectivity index (χ0v) is 7.75. The van der Waals surface area contributed by atoms with Crippen molar-refractivity contribution in [1.29, 1.82) is 0 Å². The highest BCUT2D eigenvalue weighted by molar-refractivity contribution is 5.28. The van der Waals surface area contributed by atoms with Gasteiger partial charge >= 0.3 is 0 Å². The summed E-state index contributed by atoms with van der Waals surface area (Å²) in [5.74, 6) is 0. The normalized spacial score (nSPS) is 12.9. The lowest BCUT2D eigenvalue weighted by molar-refractivity contribution is 0.172. The van der Waals surface area contributed by atoms with Gasteiger partial charge in [0.15, 0.2) is 0 Å². The molecule has 0 radical (unpaired) electrons. The molecule has 1 aromatic carbocycles. The highest BCUT2D eigenvalue weighted by Crippen LogP contribution is 2.20. The van der Waals surface area contributed by atoms with Gasteiger partial charge in [-0.25, -0.2) is 0 Å². The first-order chi connectivity index (χ1) is 5.79. The van der Waals surface area contributed by atoms with E-state index in [1.807, 2.05) is 25.1 Å². The van der Waals surface area contributed by atoms with Crippen molar-refractivity contribution in [3.05, 3.63) is 35.4 Å². The summed E-state index contributed by atoms with van der Waals surface area (Å²) in [6.07, 6.45) is 1.49. The zero-order valence-electron chi connectivity index (χ0n) is 7.75. The van der Waals surface area contributed by atoms with Gasteiger partial charge in [0.05, 0.1) is 6.10 Å². The summed E-state index contributed by atoms with van der Waals surface area (Å²) in [6.45, 7) is 4.11. The molecule has 66 valence electrons. The molecule has 1 atom stereocenters. The molecule has 1 rings (SSSR count). The van der Waals surface area contributed by atoms with E-state index < -0.39 is 0 Å². The first-order valence-electron chi connectivity index (χ1n) is 4.55. The molecule has 0 saturated heterocycles. The second kappa shape index (κ2) is 4.27. The summed E-state index contributed by atoms with van der Waals surface area (Å²) in [5, 5.41) is 9.64. The van der Waals surface area contributed by atoms with Crippen LogP contribution in [0.4, 0.5) is 0 Å². The van der Waals surface area contributed by atoms with Gasteiger partial charge in [-0.05, 0) is 24.0 Å². The van der Waals surface area contributed by atoms with Gasteiger partial charge in [-0.2, -0.15) is 0 Å². The van der Waals surface area contributed by atoms with Crippen LogP contribution in [0.2, 0.25) is 0 Å². The fraction of sp³-hybridized carbons (Fsp3) is 0.455.